The van der Waals surface area contributed by atoms with Crippen LogP contribution in [-0.2, 0) is 6.54 Å². The SMILES string of the molecule is COc1ccc2cc([C@H](c3nnnn3Cc3ccc(F)cc3)N3CCC[C@@H](C)C3)c(=O)[nH]c2c1. The largest absolute Gasteiger partial charge is 0.497 e. The second-order valence-corrected chi connectivity index (χ2v) is 8.97. The van der Waals surface area contributed by atoms with Crippen LogP contribution < -0.4 is 10.3 Å². The summed E-state index contributed by atoms with van der Waals surface area (Å²) in [6, 6.07) is 13.4. The van der Waals surface area contributed by atoms with Crippen molar-refractivity contribution in [2.45, 2.75) is 32.4 Å². The summed E-state index contributed by atoms with van der Waals surface area (Å²) >= 11 is 0. The molecule has 0 bridgehead atoms. The quantitative estimate of drug-likeness (QED) is 0.472. The highest BCUT2D eigenvalue weighted by Crippen LogP contribution is 2.31. The summed E-state index contributed by atoms with van der Waals surface area (Å²) in [4.78, 5) is 18.7. The molecule has 1 fully saturated rings. The number of benzene rings is 2. The van der Waals surface area contributed by atoms with Gasteiger partial charge in [0.1, 0.15) is 17.6 Å². The van der Waals surface area contributed by atoms with Crippen molar-refractivity contribution in [2.24, 2.45) is 5.92 Å². The van der Waals surface area contributed by atoms with E-state index in [1.165, 1.54) is 12.1 Å². The van der Waals surface area contributed by atoms with Crippen LogP contribution in [0.5, 0.6) is 5.75 Å². The molecule has 1 saturated heterocycles. The lowest BCUT2D eigenvalue weighted by atomic mass is 9.95. The maximum Gasteiger partial charge on any atom is 0.253 e. The van der Waals surface area contributed by atoms with Gasteiger partial charge in [-0.15, -0.1) is 5.10 Å². The number of aromatic nitrogens is 5. The van der Waals surface area contributed by atoms with E-state index in [1.807, 2.05) is 24.3 Å². The number of aromatic amines is 1. The zero-order valence-corrected chi connectivity index (χ0v) is 19.2. The van der Waals surface area contributed by atoms with Gasteiger partial charge in [0.25, 0.3) is 5.56 Å². The van der Waals surface area contributed by atoms with Crippen LogP contribution in [0.25, 0.3) is 10.9 Å². The summed E-state index contributed by atoms with van der Waals surface area (Å²) < 4.78 is 20.4. The summed E-state index contributed by atoms with van der Waals surface area (Å²) in [5.74, 6) is 1.49. The van der Waals surface area contributed by atoms with E-state index in [9.17, 15) is 9.18 Å². The number of halogens is 1. The molecule has 2 aromatic heterocycles. The lowest BCUT2D eigenvalue weighted by molar-refractivity contribution is 0.141. The zero-order valence-electron chi connectivity index (χ0n) is 19.2. The fraction of sp³-hybridized carbons (Fsp3) is 0.360. The van der Waals surface area contributed by atoms with Crippen molar-refractivity contribution in [3.8, 4) is 5.75 Å². The van der Waals surface area contributed by atoms with E-state index in [1.54, 1.807) is 23.9 Å². The average molecular weight is 463 g/mol. The van der Waals surface area contributed by atoms with Crippen LogP contribution in [0.3, 0.4) is 0 Å². The summed E-state index contributed by atoms with van der Waals surface area (Å²) in [5, 5.41) is 13.4. The minimum Gasteiger partial charge on any atom is -0.497 e. The normalized spacial score (nSPS) is 17.7. The Bertz CT molecular complexity index is 1350. The molecule has 2 aromatic carbocycles. The van der Waals surface area contributed by atoms with Crippen LogP contribution >= 0.6 is 0 Å². The first-order valence-corrected chi connectivity index (χ1v) is 11.5. The summed E-state index contributed by atoms with van der Waals surface area (Å²) in [6.07, 6.45) is 2.19. The predicted molar refractivity (Wildman–Crippen MR) is 126 cm³/mol. The van der Waals surface area contributed by atoms with Crippen molar-refractivity contribution in [3.05, 3.63) is 81.7 Å². The van der Waals surface area contributed by atoms with E-state index < -0.39 is 6.04 Å². The van der Waals surface area contributed by atoms with Crippen LogP contribution in [0.4, 0.5) is 4.39 Å². The fourth-order valence-electron chi connectivity index (χ4n) is 4.77. The van der Waals surface area contributed by atoms with Gasteiger partial charge in [0.2, 0.25) is 0 Å². The van der Waals surface area contributed by atoms with Crippen molar-refractivity contribution >= 4 is 10.9 Å². The number of tetrazole rings is 1. The molecule has 1 N–H and O–H groups in total. The number of piperidine rings is 1. The van der Waals surface area contributed by atoms with E-state index in [-0.39, 0.29) is 11.4 Å². The third-order valence-corrected chi connectivity index (χ3v) is 6.48. The molecule has 1 aliphatic rings. The summed E-state index contributed by atoms with van der Waals surface area (Å²) in [6.45, 7) is 4.29. The maximum atomic E-state index is 13.4. The average Bonchev–Trinajstić information content (AvgIpc) is 3.28. The van der Waals surface area contributed by atoms with Gasteiger partial charge >= 0.3 is 0 Å². The number of hydrogen-bond acceptors (Lipinski definition) is 6. The van der Waals surface area contributed by atoms with Crippen LogP contribution in [0.1, 0.15) is 42.8 Å². The molecule has 4 aromatic rings. The molecule has 3 heterocycles. The summed E-state index contributed by atoms with van der Waals surface area (Å²) in [7, 11) is 1.60. The molecular weight excluding hydrogens is 435 g/mol. The number of nitrogens with zero attached hydrogens (tertiary/aromatic N) is 5. The Hall–Kier alpha value is -3.59. The second kappa shape index (κ2) is 9.34. The van der Waals surface area contributed by atoms with Crippen molar-refractivity contribution < 1.29 is 9.13 Å². The second-order valence-electron chi connectivity index (χ2n) is 8.97. The molecule has 9 heteroatoms. The molecule has 2 atom stereocenters. The van der Waals surface area contributed by atoms with E-state index in [4.69, 9.17) is 4.74 Å². The first-order chi connectivity index (χ1) is 16.5. The molecule has 0 aliphatic carbocycles. The van der Waals surface area contributed by atoms with Crippen molar-refractivity contribution in [2.75, 3.05) is 20.2 Å². The Morgan fingerprint density at radius 1 is 1.21 bits per heavy atom. The van der Waals surface area contributed by atoms with Crippen molar-refractivity contribution in [1.82, 2.24) is 30.1 Å². The number of H-pyrrole nitrogens is 1. The minimum atomic E-state index is -0.409. The number of nitrogens with one attached hydrogen (secondary N) is 1. The molecule has 34 heavy (non-hydrogen) atoms. The Kier molecular flexibility index (Phi) is 6.10. The van der Waals surface area contributed by atoms with Gasteiger partial charge in [0.05, 0.1) is 19.2 Å². The van der Waals surface area contributed by atoms with Gasteiger partial charge in [-0.05, 0) is 77.0 Å². The Balaban J connectivity index is 1.60. The van der Waals surface area contributed by atoms with Crippen LogP contribution in [0.15, 0.2) is 53.3 Å². The van der Waals surface area contributed by atoms with E-state index >= 15 is 0 Å². The van der Waals surface area contributed by atoms with Crippen LogP contribution in [0.2, 0.25) is 0 Å². The monoisotopic (exact) mass is 462 g/mol. The topological polar surface area (TPSA) is 88.9 Å². The van der Waals surface area contributed by atoms with Crippen LogP contribution in [0, 0.1) is 11.7 Å². The maximum absolute atomic E-state index is 13.4. The number of hydrogen-bond donors (Lipinski definition) is 1. The van der Waals surface area contributed by atoms with Crippen LogP contribution in [-0.4, -0.2) is 50.3 Å². The standard InChI is InChI=1S/C25H27FN6O2/c1-16-4-3-11-31(14-16)23(21-12-18-7-10-20(34-2)13-22(18)27-25(21)33)24-28-29-30-32(24)15-17-5-8-19(26)9-6-17/h5-10,12-13,16,23H,3-4,11,14-15H2,1-2H3,(H,27,33)/t16-,23-/m1/s1. The van der Waals surface area contributed by atoms with Gasteiger partial charge < -0.3 is 9.72 Å². The Labute approximate surface area is 196 Å². The van der Waals surface area contributed by atoms with Gasteiger partial charge in [-0.3, -0.25) is 9.69 Å². The van der Waals surface area contributed by atoms with Gasteiger partial charge in [-0.1, -0.05) is 19.1 Å². The fourth-order valence-corrected chi connectivity index (χ4v) is 4.77. The smallest absolute Gasteiger partial charge is 0.253 e. The first kappa shape index (κ1) is 22.2. The van der Waals surface area contributed by atoms with E-state index in [0.29, 0.717) is 35.1 Å². The number of methoxy groups -OCH3 is 1. The van der Waals surface area contributed by atoms with Crippen molar-refractivity contribution in [3.63, 3.8) is 0 Å². The zero-order chi connectivity index (χ0) is 23.7. The highest BCUT2D eigenvalue weighted by atomic mass is 19.1. The van der Waals surface area contributed by atoms with Gasteiger partial charge in [0.15, 0.2) is 5.82 Å². The molecule has 0 spiro atoms. The summed E-state index contributed by atoms with van der Waals surface area (Å²) in [5.41, 5.74) is 2.01. The minimum absolute atomic E-state index is 0.180. The third kappa shape index (κ3) is 4.43. The van der Waals surface area contributed by atoms with Gasteiger partial charge in [-0.2, -0.15) is 0 Å². The number of rotatable bonds is 6. The Morgan fingerprint density at radius 2 is 2.03 bits per heavy atom. The molecule has 0 radical (unpaired) electrons. The predicted octanol–water partition coefficient (Wildman–Crippen LogP) is 3.53. The van der Waals surface area contributed by atoms with E-state index in [0.717, 1.165) is 36.9 Å². The lowest BCUT2D eigenvalue weighted by Crippen LogP contribution is -2.41. The van der Waals surface area contributed by atoms with Gasteiger partial charge in [-0.25, -0.2) is 9.07 Å². The number of ether oxygens (including phenoxy) is 1. The molecule has 0 saturated carbocycles. The van der Waals surface area contributed by atoms with Crippen molar-refractivity contribution in [1.29, 1.82) is 0 Å². The highest BCUT2D eigenvalue weighted by molar-refractivity contribution is 5.80. The van der Waals surface area contributed by atoms with E-state index in [2.05, 4.69) is 32.3 Å². The number of pyridine rings is 1. The molecular formula is C25H27FN6O2. The third-order valence-electron chi connectivity index (χ3n) is 6.48. The molecule has 1 aliphatic heterocycles. The molecule has 8 nitrogen and oxygen atoms in total. The first-order valence-electron chi connectivity index (χ1n) is 11.5. The lowest BCUT2D eigenvalue weighted by Gasteiger charge is -2.36. The highest BCUT2D eigenvalue weighted by Gasteiger charge is 2.32. The Morgan fingerprint density at radius 3 is 2.79 bits per heavy atom. The molecule has 176 valence electrons. The van der Waals surface area contributed by atoms with Gasteiger partial charge in [0, 0.05) is 18.2 Å². The molecule has 0 unspecified atom stereocenters. The number of likely N-dealkylation sites (tertiary alicyclic amines) is 1. The number of fused-ring (bicyclic) bond motifs is 1. The molecule has 5 rings (SSSR count). The molecule has 0 amide bonds.